The van der Waals surface area contributed by atoms with E-state index in [9.17, 15) is 8.42 Å². The fourth-order valence-electron chi connectivity index (χ4n) is 3.13. The average Bonchev–Trinajstić information content (AvgIpc) is 3.38. The van der Waals surface area contributed by atoms with E-state index in [4.69, 9.17) is 15.5 Å². The summed E-state index contributed by atoms with van der Waals surface area (Å²) in [6.45, 7) is 5.29. The summed E-state index contributed by atoms with van der Waals surface area (Å²) in [5, 5.41) is 0. The molecule has 9 heteroatoms. The summed E-state index contributed by atoms with van der Waals surface area (Å²) in [5.41, 5.74) is 8.68. The minimum atomic E-state index is -3.17. The van der Waals surface area contributed by atoms with Crippen LogP contribution in [0.5, 0.6) is 0 Å². The number of aryl methyl sites for hydroxylation is 2. The summed E-state index contributed by atoms with van der Waals surface area (Å²) >= 11 is 0. The highest BCUT2D eigenvalue weighted by molar-refractivity contribution is 7.89. The first-order chi connectivity index (χ1) is 12.9. The van der Waals surface area contributed by atoms with Gasteiger partial charge in [-0.25, -0.2) is 23.1 Å². The van der Waals surface area contributed by atoms with Gasteiger partial charge in [0.05, 0.1) is 24.5 Å². The van der Waals surface area contributed by atoms with Gasteiger partial charge in [-0.3, -0.25) is 0 Å². The average molecular weight is 396 g/mol. The molecule has 2 heterocycles. The van der Waals surface area contributed by atoms with E-state index >= 15 is 0 Å². The lowest BCUT2D eigenvalue weighted by Crippen LogP contribution is -2.29. The van der Waals surface area contributed by atoms with E-state index < -0.39 is 10.0 Å². The zero-order valence-corrected chi connectivity index (χ0v) is 16.9. The van der Waals surface area contributed by atoms with Crippen LogP contribution in [0.4, 0.5) is 5.82 Å². The van der Waals surface area contributed by atoms with Crippen LogP contribution in [0.15, 0.2) is 6.07 Å². The van der Waals surface area contributed by atoms with Gasteiger partial charge in [0.15, 0.2) is 5.82 Å². The van der Waals surface area contributed by atoms with Gasteiger partial charge in [0.1, 0.15) is 11.3 Å². The standard InChI is InChI=1S/C18H29N5O3S/c1-3-27(24,25)20-8-10-26-11-9-23-15-12-13(2)21-18(19)17(15)22-16(23)7-6-14-4-5-14/h12,14,20H,3-11H2,1-2H3,(H2,19,21). The molecule has 0 radical (unpaired) electrons. The largest absolute Gasteiger partial charge is 0.382 e. The van der Waals surface area contributed by atoms with Crippen LogP contribution in [-0.2, 0) is 27.7 Å². The molecule has 0 saturated heterocycles. The predicted octanol–water partition coefficient (Wildman–Crippen LogP) is 1.62. The second-order valence-corrected chi connectivity index (χ2v) is 9.18. The van der Waals surface area contributed by atoms with Crippen LogP contribution in [0.25, 0.3) is 11.0 Å². The zero-order chi connectivity index (χ0) is 19.4. The number of ether oxygens (including phenoxy) is 1. The number of rotatable bonds is 11. The minimum Gasteiger partial charge on any atom is -0.382 e. The Morgan fingerprint density at radius 3 is 2.81 bits per heavy atom. The molecule has 2 aromatic heterocycles. The molecule has 3 N–H and O–H groups in total. The molecule has 8 nitrogen and oxygen atoms in total. The second kappa shape index (κ2) is 8.53. The molecule has 0 unspecified atom stereocenters. The van der Waals surface area contributed by atoms with Gasteiger partial charge in [0, 0.05) is 25.2 Å². The van der Waals surface area contributed by atoms with Crippen LogP contribution >= 0.6 is 0 Å². The lowest BCUT2D eigenvalue weighted by molar-refractivity contribution is 0.131. The maximum Gasteiger partial charge on any atom is 0.211 e. The number of fused-ring (bicyclic) bond motifs is 1. The van der Waals surface area contributed by atoms with Gasteiger partial charge in [0.2, 0.25) is 10.0 Å². The van der Waals surface area contributed by atoms with Crippen LogP contribution < -0.4 is 10.5 Å². The highest BCUT2D eigenvalue weighted by atomic mass is 32.2. The molecule has 1 fully saturated rings. The van der Waals surface area contributed by atoms with Gasteiger partial charge in [-0.1, -0.05) is 12.8 Å². The third kappa shape index (κ3) is 5.40. The molecule has 0 aliphatic heterocycles. The van der Waals surface area contributed by atoms with Gasteiger partial charge >= 0.3 is 0 Å². The molecule has 1 aliphatic carbocycles. The van der Waals surface area contributed by atoms with Crippen LogP contribution in [0.1, 0.15) is 37.7 Å². The Morgan fingerprint density at radius 2 is 2.11 bits per heavy atom. The smallest absolute Gasteiger partial charge is 0.211 e. The molecule has 0 atom stereocenters. The molecule has 3 rings (SSSR count). The highest BCUT2D eigenvalue weighted by Gasteiger charge is 2.22. The fraction of sp³-hybridized carbons (Fsp3) is 0.667. The summed E-state index contributed by atoms with van der Waals surface area (Å²) in [6.07, 6.45) is 4.71. The summed E-state index contributed by atoms with van der Waals surface area (Å²) in [7, 11) is -3.17. The predicted molar refractivity (Wildman–Crippen MR) is 106 cm³/mol. The molecule has 0 amide bonds. The van der Waals surface area contributed by atoms with Crippen LogP contribution in [-0.4, -0.2) is 48.5 Å². The van der Waals surface area contributed by atoms with Gasteiger partial charge in [-0.05, 0) is 32.3 Å². The number of nitrogens with two attached hydrogens (primary N) is 1. The Labute approximate surface area is 160 Å². The first-order valence-electron chi connectivity index (χ1n) is 9.57. The van der Waals surface area contributed by atoms with Crippen LogP contribution in [0.2, 0.25) is 0 Å². The number of anilines is 1. The summed E-state index contributed by atoms with van der Waals surface area (Å²) in [5.74, 6) is 2.39. The topological polar surface area (TPSA) is 112 Å². The molecule has 2 aromatic rings. The van der Waals surface area contributed by atoms with E-state index in [1.54, 1.807) is 6.92 Å². The molecule has 0 bridgehead atoms. The molecule has 150 valence electrons. The highest BCUT2D eigenvalue weighted by Crippen LogP contribution is 2.34. The summed E-state index contributed by atoms with van der Waals surface area (Å²) in [6, 6.07) is 2.01. The molecular formula is C18H29N5O3S. The number of nitrogens with one attached hydrogen (secondary N) is 1. The Kier molecular flexibility index (Phi) is 6.33. The number of nitrogens with zero attached hydrogens (tertiary/aromatic N) is 3. The zero-order valence-electron chi connectivity index (χ0n) is 16.1. The third-order valence-corrected chi connectivity index (χ3v) is 6.26. The van der Waals surface area contributed by atoms with Crippen molar-refractivity contribution in [2.45, 2.75) is 46.1 Å². The number of nitrogen functional groups attached to an aromatic ring is 1. The summed E-state index contributed by atoms with van der Waals surface area (Å²) < 4.78 is 33.1. The number of aromatic nitrogens is 3. The number of hydrogen-bond acceptors (Lipinski definition) is 6. The van der Waals surface area contributed by atoms with Gasteiger partial charge < -0.3 is 15.0 Å². The normalized spacial score (nSPS) is 14.9. The maximum atomic E-state index is 11.4. The van der Waals surface area contributed by atoms with E-state index in [0.717, 1.165) is 41.3 Å². The second-order valence-electron chi connectivity index (χ2n) is 7.09. The van der Waals surface area contributed by atoms with Gasteiger partial charge in [-0.2, -0.15) is 0 Å². The van der Waals surface area contributed by atoms with E-state index in [1.165, 1.54) is 12.8 Å². The Bertz CT molecular complexity index is 890. The van der Waals surface area contributed by atoms with Crippen molar-refractivity contribution in [1.29, 1.82) is 0 Å². The van der Waals surface area contributed by atoms with Crippen molar-refractivity contribution >= 4 is 26.9 Å². The Balaban J connectivity index is 1.63. The van der Waals surface area contributed by atoms with Crippen molar-refractivity contribution < 1.29 is 13.2 Å². The quantitative estimate of drug-likeness (QED) is 0.559. The van der Waals surface area contributed by atoms with Gasteiger partial charge in [-0.15, -0.1) is 0 Å². The van der Waals surface area contributed by atoms with Crippen LogP contribution in [0, 0.1) is 12.8 Å². The Hall–Kier alpha value is -1.71. The van der Waals surface area contributed by atoms with Crippen molar-refractivity contribution in [3.8, 4) is 0 Å². The van der Waals surface area contributed by atoms with Crippen molar-refractivity contribution in [3.05, 3.63) is 17.6 Å². The van der Waals surface area contributed by atoms with Crippen molar-refractivity contribution in [3.63, 3.8) is 0 Å². The maximum absolute atomic E-state index is 11.4. The fourth-order valence-corrected chi connectivity index (χ4v) is 3.73. The third-order valence-electron chi connectivity index (χ3n) is 4.85. The molecule has 0 spiro atoms. The molecular weight excluding hydrogens is 366 g/mol. The van der Waals surface area contributed by atoms with Crippen LogP contribution in [0.3, 0.4) is 0 Å². The minimum absolute atomic E-state index is 0.0766. The first-order valence-corrected chi connectivity index (χ1v) is 11.2. The number of imidazole rings is 1. The monoisotopic (exact) mass is 395 g/mol. The number of sulfonamides is 1. The SMILES string of the molecule is CCS(=O)(=O)NCCOCCn1c(CCC2CC2)nc2c(N)nc(C)cc21. The lowest BCUT2D eigenvalue weighted by Gasteiger charge is -2.11. The van der Waals surface area contributed by atoms with Crippen molar-refractivity contribution in [2.24, 2.45) is 5.92 Å². The lowest BCUT2D eigenvalue weighted by atomic mass is 10.2. The van der Waals surface area contributed by atoms with Crippen molar-refractivity contribution in [1.82, 2.24) is 19.3 Å². The van der Waals surface area contributed by atoms with E-state index in [-0.39, 0.29) is 12.3 Å². The van der Waals surface area contributed by atoms with Crippen molar-refractivity contribution in [2.75, 3.05) is 31.2 Å². The molecule has 1 saturated carbocycles. The van der Waals surface area contributed by atoms with E-state index in [1.807, 2.05) is 13.0 Å². The molecule has 27 heavy (non-hydrogen) atoms. The van der Waals surface area contributed by atoms with E-state index in [0.29, 0.717) is 25.6 Å². The van der Waals surface area contributed by atoms with Gasteiger partial charge in [0.25, 0.3) is 0 Å². The number of pyridine rings is 1. The molecule has 0 aromatic carbocycles. The first kappa shape index (κ1) is 20.0. The Morgan fingerprint density at radius 1 is 1.33 bits per heavy atom. The number of hydrogen-bond donors (Lipinski definition) is 2. The summed E-state index contributed by atoms with van der Waals surface area (Å²) in [4.78, 5) is 9.06. The van der Waals surface area contributed by atoms with E-state index in [2.05, 4.69) is 14.3 Å². The molecule has 1 aliphatic rings.